The Hall–Kier alpha value is -0.640. The minimum absolute atomic E-state index is 0.631. The van der Waals surface area contributed by atoms with Gasteiger partial charge in [0.05, 0.1) is 35.1 Å². The minimum Gasteiger partial charge on any atom is -0.298 e. The molecule has 0 N–H and O–H groups in total. The van der Waals surface area contributed by atoms with E-state index in [4.69, 9.17) is 0 Å². The summed E-state index contributed by atoms with van der Waals surface area (Å²) in [6, 6.07) is 0. The Labute approximate surface area is 111 Å². The molecule has 0 aliphatic rings. The molecule has 0 atom stereocenters. The van der Waals surface area contributed by atoms with Gasteiger partial charge in [-0.2, -0.15) is 0 Å². The molecule has 0 spiro atoms. The van der Waals surface area contributed by atoms with E-state index in [1.54, 1.807) is 0 Å². The van der Waals surface area contributed by atoms with E-state index >= 15 is 0 Å². The number of thiocarbonyl (C=S) groups is 3. The van der Waals surface area contributed by atoms with Crippen LogP contribution in [0.1, 0.15) is 0 Å². The molecule has 0 saturated carbocycles. The van der Waals surface area contributed by atoms with Crippen LogP contribution >= 0.6 is 36.7 Å². The lowest BCUT2D eigenvalue weighted by Crippen LogP contribution is -2.31. The van der Waals surface area contributed by atoms with Crippen molar-refractivity contribution in [3.05, 3.63) is 0 Å². The third-order valence-electron chi connectivity index (χ3n) is 1.78. The van der Waals surface area contributed by atoms with Gasteiger partial charge in [0.25, 0.3) is 0 Å². The lowest BCUT2D eigenvalue weighted by Gasteiger charge is -2.18. The van der Waals surface area contributed by atoms with Gasteiger partial charge < -0.3 is 0 Å². The number of hydrogen-bond acceptors (Lipinski definition) is 7. The normalized spacial score (nSPS) is 8.81. The summed E-state index contributed by atoms with van der Waals surface area (Å²) in [5.41, 5.74) is 0. The molecule has 0 aromatic rings. The van der Waals surface area contributed by atoms with Crippen molar-refractivity contribution >= 4 is 52.1 Å². The first-order chi connectivity index (χ1) is 7.85. The summed E-state index contributed by atoms with van der Waals surface area (Å²) >= 11 is 13.5. The molecule has 0 heterocycles. The number of hydrogen-bond donors (Lipinski definition) is 0. The van der Waals surface area contributed by atoms with Crippen molar-refractivity contribution in [2.75, 3.05) is 39.3 Å². The molecule has 0 radical (unpaired) electrons. The lowest BCUT2D eigenvalue weighted by molar-refractivity contribution is 0.298. The van der Waals surface area contributed by atoms with E-state index in [0.29, 0.717) is 19.6 Å². The van der Waals surface area contributed by atoms with Crippen LogP contribution in [0.4, 0.5) is 0 Å². The average molecular weight is 272 g/mol. The zero-order valence-corrected chi connectivity index (χ0v) is 11.2. The van der Waals surface area contributed by atoms with Crippen LogP contribution in [0, 0.1) is 0 Å². The van der Waals surface area contributed by atoms with Crippen LogP contribution < -0.4 is 0 Å². The van der Waals surface area contributed by atoms with Crippen molar-refractivity contribution in [3.63, 3.8) is 0 Å². The molecule has 0 unspecified atom stereocenters. The van der Waals surface area contributed by atoms with Gasteiger partial charge in [-0.25, -0.2) is 15.0 Å². The van der Waals surface area contributed by atoms with Crippen molar-refractivity contribution in [2.24, 2.45) is 15.0 Å². The zero-order valence-electron chi connectivity index (χ0n) is 8.76. The summed E-state index contributed by atoms with van der Waals surface area (Å²) in [6.45, 7) is 4.28. The fourth-order valence-corrected chi connectivity index (χ4v) is 1.32. The molecule has 0 aliphatic heterocycles. The van der Waals surface area contributed by atoms with Gasteiger partial charge >= 0.3 is 0 Å². The van der Waals surface area contributed by atoms with Gasteiger partial charge in [-0.1, -0.05) is 0 Å². The van der Waals surface area contributed by atoms with Crippen LogP contribution in [0.15, 0.2) is 15.0 Å². The Morgan fingerprint density at radius 3 is 1.25 bits per heavy atom. The van der Waals surface area contributed by atoms with E-state index in [2.05, 4.69) is 72.0 Å². The Morgan fingerprint density at radius 1 is 0.688 bits per heavy atom. The fourth-order valence-electron chi connectivity index (χ4n) is 1.05. The van der Waals surface area contributed by atoms with Crippen molar-refractivity contribution < 1.29 is 0 Å². The second-order valence-electron chi connectivity index (χ2n) is 2.76. The highest BCUT2D eigenvalue weighted by atomic mass is 32.1. The minimum atomic E-state index is 0.631. The van der Waals surface area contributed by atoms with Gasteiger partial charge in [0.15, 0.2) is 0 Å². The number of isothiocyanates is 3. The summed E-state index contributed by atoms with van der Waals surface area (Å²) in [6.07, 6.45) is 0. The SMILES string of the molecule is S=C=NCCN(CCN=C=S)CCN=C=S. The molecule has 0 bridgehead atoms. The summed E-state index contributed by atoms with van der Waals surface area (Å²) < 4.78 is 0. The van der Waals surface area contributed by atoms with Gasteiger partial charge in [-0.05, 0) is 36.7 Å². The smallest absolute Gasteiger partial charge is 0.0620 e. The summed E-state index contributed by atoms with van der Waals surface area (Å²) in [4.78, 5) is 13.7. The van der Waals surface area contributed by atoms with E-state index in [-0.39, 0.29) is 0 Å². The quantitative estimate of drug-likeness (QED) is 0.472. The van der Waals surface area contributed by atoms with Crippen LogP contribution in [-0.4, -0.2) is 59.7 Å². The predicted molar refractivity (Wildman–Crippen MR) is 76.1 cm³/mol. The van der Waals surface area contributed by atoms with Crippen molar-refractivity contribution in [3.8, 4) is 0 Å². The van der Waals surface area contributed by atoms with E-state index in [1.165, 1.54) is 0 Å². The molecule has 0 aromatic heterocycles. The Morgan fingerprint density at radius 2 is 1.00 bits per heavy atom. The second kappa shape index (κ2) is 12.4. The highest BCUT2D eigenvalue weighted by Gasteiger charge is 2.02. The predicted octanol–water partition coefficient (Wildman–Crippen LogP) is 1.60. The summed E-state index contributed by atoms with van der Waals surface area (Å²) in [5, 5.41) is 7.00. The third kappa shape index (κ3) is 9.90. The maximum Gasteiger partial charge on any atom is 0.0620 e. The van der Waals surface area contributed by atoms with E-state index in [0.717, 1.165) is 19.6 Å². The number of nitrogens with zero attached hydrogens (tertiary/aromatic N) is 4. The molecule has 0 amide bonds. The molecule has 7 heteroatoms. The van der Waals surface area contributed by atoms with Gasteiger partial charge in [0, 0.05) is 19.6 Å². The first kappa shape index (κ1) is 15.4. The van der Waals surface area contributed by atoms with Crippen LogP contribution in [0.5, 0.6) is 0 Å². The Balaban J connectivity index is 3.97. The Kier molecular flexibility index (Phi) is 11.9. The molecule has 16 heavy (non-hydrogen) atoms. The molecular formula is C9H12N4S3. The molecule has 0 fully saturated rings. The van der Waals surface area contributed by atoms with Crippen LogP contribution in [-0.2, 0) is 0 Å². The first-order valence-electron chi connectivity index (χ1n) is 4.68. The highest BCUT2D eigenvalue weighted by molar-refractivity contribution is 7.78. The highest BCUT2D eigenvalue weighted by Crippen LogP contribution is 1.89. The van der Waals surface area contributed by atoms with Gasteiger partial charge in [-0.15, -0.1) is 0 Å². The van der Waals surface area contributed by atoms with Crippen molar-refractivity contribution in [1.29, 1.82) is 0 Å². The van der Waals surface area contributed by atoms with Crippen molar-refractivity contribution in [1.82, 2.24) is 4.90 Å². The first-order valence-corrected chi connectivity index (χ1v) is 5.91. The standard InChI is InChI=1S/C9H12N4S3/c14-7-10-1-4-13(5-2-11-8-15)6-3-12-9-16/h1-6H2. The monoisotopic (exact) mass is 272 g/mol. The topological polar surface area (TPSA) is 40.3 Å². The molecular weight excluding hydrogens is 260 g/mol. The van der Waals surface area contributed by atoms with Gasteiger partial charge in [0.2, 0.25) is 0 Å². The largest absolute Gasteiger partial charge is 0.298 e. The fraction of sp³-hybridized carbons (Fsp3) is 0.667. The summed E-state index contributed by atoms with van der Waals surface area (Å²) in [7, 11) is 0. The van der Waals surface area contributed by atoms with Crippen LogP contribution in [0.3, 0.4) is 0 Å². The molecule has 86 valence electrons. The third-order valence-corrected chi connectivity index (χ3v) is 2.17. The van der Waals surface area contributed by atoms with E-state index in [9.17, 15) is 0 Å². The van der Waals surface area contributed by atoms with Crippen LogP contribution in [0.2, 0.25) is 0 Å². The molecule has 0 aliphatic carbocycles. The van der Waals surface area contributed by atoms with Crippen molar-refractivity contribution in [2.45, 2.75) is 0 Å². The molecule has 0 aromatic carbocycles. The summed E-state index contributed by atoms with van der Waals surface area (Å²) in [5.74, 6) is 0. The lowest BCUT2D eigenvalue weighted by atomic mass is 10.4. The van der Waals surface area contributed by atoms with Gasteiger partial charge in [0.1, 0.15) is 0 Å². The van der Waals surface area contributed by atoms with E-state index in [1.807, 2.05) is 0 Å². The molecule has 0 rings (SSSR count). The number of rotatable bonds is 9. The van der Waals surface area contributed by atoms with Crippen LogP contribution in [0.25, 0.3) is 0 Å². The molecule has 0 saturated heterocycles. The number of aliphatic imine (C=N–C) groups is 3. The average Bonchev–Trinajstić information content (AvgIpc) is 2.29. The second-order valence-corrected chi connectivity index (χ2v) is 3.31. The van der Waals surface area contributed by atoms with E-state index < -0.39 is 0 Å². The maximum atomic E-state index is 4.50. The zero-order chi connectivity index (χ0) is 12.1. The molecule has 4 nitrogen and oxygen atoms in total. The Bertz CT molecular complexity index is 273. The van der Waals surface area contributed by atoms with Gasteiger partial charge in [-0.3, -0.25) is 4.90 Å². The maximum absolute atomic E-state index is 4.50.